The number of methoxy groups -OCH3 is 1. The molecule has 0 N–H and O–H groups in total. The summed E-state index contributed by atoms with van der Waals surface area (Å²) in [5.74, 6) is -0.962. The van der Waals surface area contributed by atoms with Gasteiger partial charge < -0.3 is 9.47 Å². The van der Waals surface area contributed by atoms with Crippen molar-refractivity contribution in [2.24, 2.45) is 5.92 Å². The first-order valence-electron chi connectivity index (χ1n) is 10.8. The highest BCUT2D eigenvalue weighted by molar-refractivity contribution is 7.17. The van der Waals surface area contributed by atoms with Gasteiger partial charge in [-0.2, -0.15) is 0 Å². The molecule has 0 saturated heterocycles. The summed E-state index contributed by atoms with van der Waals surface area (Å²) in [6.45, 7) is 3.69. The Labute approximate surface area is 190 Å². The molecule has 0 radical (unpaired) electrons. The molecule has 1 aromatic carbocycles. The second-order valence-corrected chi connectivity index (χ2v) is 9.52. The molecule has 1 saturated carbocycles. The van der Waals surface area contributed by atoms with E-state index in [1.807, 2.05) is 31.2 Å². The van der Waals surface area contributed by atoms with Gasteiger partial charge in [0.2, 0.25) is 0 Å². The molecule has 32 heavy (non-hydrogen) atoms. The predicted octanol–water partition coefficient (Wildman–Crippen LogP) is 4.05. The maximum Gasteiger partial charge on any atom is 0.350 e. The van der Waals surface area contributed by atoms with E-state index in [1.165, 1.54) is 12.0 Å². The summed E-state index contributed by atoms with van der Waals surface area (Å²) in [6, 6.07) is 7.14. The van der Waals surface area contributed by atoms with Gasteiger partial charge in [-0.25, -0.2) is 9.78 Å². The van der Waals surface area contributed by atoms with Gasteiger partial charge in [0.15, 0.2) is 16.7 Å². The zero-order valence-electron chi connectivity index (χ0n) is 18.2. The van der Waals surface area contributed by atoms with E-state index in [4.69, 9.17) is 9.47 Å². The zero-order valence-corrected chi connectivity index (χ0v) is 19.0. The van der Waals surface area contributed by atoms with E-state index in [0.717, 1.165) is 48.1 Å². The van der Waals surface area contributed by atoms with Crippen LogP contribution in [-0.4, -0.2) is 35.9 Å². The van der Waals surface area contributed by atoms with Gasteiger partial charge in [-0.15, -0.1) is 0 Å². The molecule has 0 bridgehead atoms. The number of benzene rings is 1. The standard InChI is InChI=1S/C24H24N2O5S/c1-12-8-10-14(11-9-12)18-17-19(27)15-6-4-5-7-16(15)31-20(17)22(28)26(18)24-25-13(2)21(32-24)23(29)30-3/h8-11,15-16,18H,4-7H2,1-3H3. The van der Waals surface area contributed by atoms with Gasteiger partial charge in [0, 0.05) is 0 Å². The monoisotopic (exact) mass is 452 g/mol. The average Bonchev–Trinajstić information content (AvgIpc) is 3.31. The number of aromatic nitrogens is 1. The number of ketones is 1. The molecule has 3 unspecified atom stereocenters. The van der Waals surface area contributed by atoms with Crippen LogP contribution in [0.4, 0.5) is 5.13 Å². The van der Waals surface area contributed by atoms with Gasteiger partial charge >= 0.3 is 5.97 Å². The number of esters is 1. The highest BCUT2D eigenvalue weighted by Crippen LogP contribution is 2.49. The van der Waals surface area contributed by atoms with Crippen molar-refractivity contribution in [3.63, 3.8) is 0 Å². The molecule has 166 valence electrons. The molecule has 0 spiro atoms. The highest BCUT2D eigenvalue weighted by atomic mass is 32.1. The van der Waals surface area contributed by atoms with Crippen molar-refractivity contribution in [3.05, 3.63) is 57.3 Å². The third-order valence-electron chi connectivity index (χ3n) is 6.52. The summed E-state index contributed by atoms with van der Waals surface area (Å²) < 4.78 is 11.0. The molecule has 7 nitrogen and oxygen atoms in total. The molecule has 3 atom stereocenters. The lowest BCUT2D eigenvalue weighted by molar-refractivity contribution is -0.131. The summed E-state index contributed by atoms with van der Waals surface area (Å²) >= 11 is 1.09. The van der Waals surface area contributed by atoms with E-state index in [9.17, 15) is 14.4 Å². The van der Waals surface area contributed by atoms with Crippen molar-refractivity contribution in [1.82, 2.24) is 4.98 Å². The van der Waals surface area contributed by atoms with Crippen LogP contribution in [0.3, 0.4) is 0 Å². The Hall–Kier alpha value is -3.00. The van der Waals surface area contributed by atoms with Crippen molar-refractivity contribution in [1.29, 1.82) is 0 Å². The number of Topliss-reactive ketones (excluding diaryl/α,β-unsaturated/α-hetero) is 1. The molecule has 1 fully saturated rings. The van der Waals surface area contributed by atoms with Crippen molar-refractivity contribution in [2.75, 3.05) is 12.0 Å². The molecule has 1 aliphatic carbocycles. The maximum atomic E-state index is 13.6. The van der Waals surface area contributed by atoms with Crippen molar-refractivity contribution >= 4 is 34.1 Å². The van der Waals surface area contributed by atoms with E-state index in [-0.39, 0.29) is 29.5 Å². The molecule has 3 aliphatic rings. The summed E-state index contributed by atoms with van der Waals surface area (Å²) in [5, 5.41) is 0.354. The number of rotatable bonds is 3. The predicted molar refractivity (Wildman–Crippen MR) is 118 cm³/mol. The van der Waals surface area contributed by atoms with Crippen LogP contribution in [0.25, 0.3) is 0 Å². The first kappa shape index (κ1) is 20.9. The Morgan fingerprint density at radius 3 is 2.59 bits per heavy atom. The first-order valence-corrected chi connectivity index (χ1v) is 11.6. The Kier molecular flexibility index (Phi) is 5.12. The molecule has 5 rings (SSSR count). The first-order chi connectivity index (χ1) is 15.4. The van der Waals surface area contributed by atoms with Gasteiger partial charge in [0.1, 0.15) is 11.0 Å². The third kappa shape index (κ3) is 3.16. The van der Waals surface area contributed by atoms with Crippen LogP contribution in [0.1, 0.15) is 58.2 Å². The Bertz CT molecular complexity index is 1150. The van der Waals surface area contributed by atoms with E-state index in [0.29, 0.717) is 21.3 Å². The fourth-order valence-electron chi connectivity index (χ4n) is 4.87. The van der Waals surface area contributed by atoms with Gasteiger partial charge in [-0.3, -0.25) is 14.5 Å². The van der Waals surface area contributed by atoms with Crippen LogP contribution in [0, 0.1) is 19.8 Å². The van der Waals surface area contributed by atoms with Crippen LogP contribution in [-0.2, 0) is 19.1 Å². The van der Waals surface area contributed by atoms with E-state index >= 15 is 0 Å². The number of ether oxygens (including phenoxy) is 2. The normalized spacial score (nSPS) is 24.8. The SMILES string of the molecule is COC(=O)c1sc(N2C(=O)C3=C(C(=O)C4CCCCC4O3)C2c2ccc(C)cc2)nc1C. The number of hydrogen-bond acceptors (Lipinski definition) is 7. The van der Waals surface area contributed by atoms with Crippen molar-refractivity contribution in [3.8, 4) is 0 Å². The van der Waals surface area contributed by atoms with Crippen LogP contribution in [0.5, 0.6) is 0 Å². The molecule has 2 aromatic rings. The molecule has 3 heterocycles. The number of fused-ring (bicyclic) bond motifs is 1. The van der Waals surface area contributed by atoms with Crippen LogP contribution in [0.15, 0.2) is 35.6 Å². The highest BCUT2D eigenvalue weighted by Gasteiger charge is 2.53. The molecule has 2 aliphatic heterocycles. The van der Waals surface area contributed by atoms with E-state index < -0.39 is 12.0 Å². The number of hydrogen-bond donors (Lipinski definition) is 0. The topological polar surface area (TPSA) is 85.8 Å². The van der Waals surface area contributed by atoms with Gasteiger partial charge in [0.05, 0.1) is 30.3 Å². The third-order valence-corrected chi connectivity index (χ3v) is 7.66. The summed E-state index contributed by atoms with van der Waals surface area (Å²) in [4.78, 5) is 45.8. The number of nitrogens with zero attached hydrogens (tertiary/aromatic N) is 2. The lowest BCUT2D eigenvalue weighted by atomic mass is 9.77. The van der Waals surface area contributed by atoms with Gasteiger partial charge in [0.25, 0.3) is 5.91 Å². The Morgan fingerprint density at radius 1 is 1.16 bits per heavy atom. The van der Waals surface area contributed by atoms with Crippen LogP contribution >= 0.6 is 11.3 Å². The minimum atomic E-state index is -0.635. The largest absolute Gasteiger partial charge is 0.483 e. The van der Waals surface area contributed by atoms with Gasteiger partial charge in [-0.05, 0) is 38.7 Å². The molecular formula is C24H24N2O5S. The number of carbonyl (C=O) groups is 3. The quantitative estimate of drug-likeness (QED) is 0.653. The lowest BCUT2D eigenvalue weighted by Crippen LogP contribution is -2.39. The van der Waals surface area contributed by atoms with E-state index in [1.54, 1.807) is 6.92 Å². The molecule has 1 amide bonds. The number of amides is 1. The number of thiazole rings is 1. The fourth-order valence-corrected chi connectivity index (χ4v) is 5.89. The Morgan fingerprint density at radius 2 is 1.88 bits per heavy atom. The van der Waals surface area contributed by atoms with Crippen LogP contribution < -0.4 is 4.90 Å². The minimum absolute atomic E-state index is 0.00107. The van der Waals surface area contributed by atoms with Gasteiger partial charge in [-0.1, -0.05) is 47.6 Å². The number of anilines is 1. The summed E-state index contributed by atoms with van der Waals surface area (Å²) in [5.41, 5.74) is 2.79. The smallest absolute Gasteiger partial charge is 0.350 e. The average molecular weight is 453 g/mol. The second-order valence-electron chi connectivity index (χ2n) is 8.55. The Balaban J connectivity index is 1.64. The zero-order chi connectivity index (χ0) is 22.6. The minimum Gasteiger partial charge on any atom is -0.483 e. The molecular weight excluding hydrogens is 428 g/mol. The summed E-state index contributed by atoms with van der Waals surface area (Å²) in [6.07, 6.45) is 3.28. The number of aryl methyl sites for hydroxylation is 2. The summed E-state index contributed by atoms with van der Waals surface area (Å²) in [7, 11) is 1.31. The maximum absolute atomic E-state index is 13.6. The molecule has 1 aromatic heterocycles. The van der Waals surface area contributed by atoms with Crippen LogP contribution in [0.2, 0.25) is 0 Å². The fraction of sp³-hybridized carbons (Fsp3) is 0.417. The lowest BCUT2D eigenvalue weighted by Gasteiger charge is -2.35. The van der Waals surface area contributed by atoms with Crippen molar-refractivity contribution < 1.29 is 23.9 Å². The number of carbonyl (C=O) groups excluding carboxylic acids is 3. The van der Waals surface area contributed by atoms with E-state index in [2.05, 4.69) is 4.98 Å². The molecule has 8 heteroatoms. The second kappa shape index (κ2) is 7.85. The van der Waals surface area contributed by atoms with Crippen molar-refractivity contribution in [2.45, 2.75) is 51.7 Å².